The van der Waals surface area contributed by atoms with Crippen LogP contribution in [-0.4, -0.2) is 48.6 Å². The SMILES string of the molecule is CCCCC/C=C\C/C=C\C/C=C\CC1OC1CCCC(=O)OC[C@H](O)COC(=O)CCCCCCCCCCC. The van der Waals surface area contributed by atoms with Gasteiger partial charge in [-0.2, -0.15) is 0 Å². The van der Waals surface area contributed by atoms with Crippen molar-refractivity contribution in [2.45, 2.75) is 161 Å². The molecule has 0 radical (unpaired) electrons. The van der Waals surface area contributed by atoms with E-state index in [1.165, 1.54) is 64.2 Å². The van der Waals surface area contributed by atoms with Crippen molar-refractivity contribution in [2.24, 2.45) is 0 Å². The molecule has 0 aromatic heterocycles. The van der Waals surface area contributed by atoms with Crippen molar-refractivity contribution in [3.05, 3.63) is 36.5 Å². The molecule has 1 N–H and O–H groups in total. The van der Waals surface area contributed by atoms with Gasteiger partial charge in [-0.15, -0.1) is 0 Å². The number of allylic oxidation sites excluding steroid dienone is 5. The summed E-state index contributed by atoms with van der Waals surface area (Å²) in [5.41, 5.74) is 0. The minimum Gasteiger partial charge on any atom is -0.463 e. The molecule has 1 aliphatic heterocycles. The van der Waals surface area contributed by atoms with Gasteiger partial charge in [0.25, 0.3) is 0 Å². The first kappa shape index (κ1) is 37.1. The van der Waals surface area contributed by atoms with E-state index in [-0.39, 0.29) is 37.4 Å². The third-order valence-electron chi connectivity index (χ3n) is 7.30. The van der Waals surface area contributed by atoms with E-state index in [0.717, 1.165) is 44.9 Å². The molecular weight excluding hydrogens is 516 g/mol. The van der Waals surface area contributed by atoms with Gasteiger partial charge in [-0.25, -0.2) is 0 Å². The van der Waals surface area contributed by atoms with Crippen LogP contribution in [0.4, 0.5) is 0 Å². The van der Waals surface area contributed by atoms with E-state index in [0.29, 0.717) is 19.3 Å². The van der Waals surface area contributed by atoms with Gasteiger partial charge in [0.15, 0.2) is 0 Å². The molecule has 0 aromatic rings. The molecule has 0 spiro atoms. The number of epoxide rings is 1. The third-order valence-corrected chi connectivity index (χ3v) is 7.30. The third kappa shape index (κ3) is 24.4. The number of ether oxygens (including phenoxy) is 3. The summed E-state index contributed by atoms with van der Waals surface area (Å²) in [5.74, 6) is -0.644. The lowest BCUT2D eigenvalue weighted by Crippen LogP contribution is -2.25. The van der Waals surface area contributed by atoms with Crippen molar-refractivity contribution >= 4 is 11.9 Å². The van der Waals surface area contributed by atoms with Crippen LogP contribution in [0.3, 0.4) is 0 Å². The van der Waals surface area contributed by atoms with Crippen LogP contribution in [0.15, 0.2) is 36.5 Å². The molecule has 0 saturated carbocycles. The number of rotatable bonds is 28. The summed E-state index contributed by atoms with van der Waals surface area (Å²) < 4.78 is 15.9. The Kier molecular flexibility index (Phi) is 24.4. The Morgan fingerprint density at radius 3 is 1.80 bits per heavy atom. The van der Waals surface area contributed by atoms with Gasteiger partial charge in [-0.3, -0.25) is 9.59 Å². The van der Waals surface area contributed by atoms with Gasteiger partial charge in [-0.05, 0) is 51.4 Å². The molecule has 6 heteroatoms. The summed E-state index contributed by atoms with van der Waals surface area (Å²) in [7, 11) is 0. The molecule has 1 heterocycles. The minimum atomic E-state index is -0.990. The normalized spacial score (nSPS) is 17.5. The highest BCUT2D eigenvalue weighted by Gasteiger charge is 2.36. The van der Waals surface area contributed by atoms with E-state index in [1.807, 2.05) is 0 Å². The van der Waals surface area contributed by atoms with E-state index in [9.17, 15) is 14.7 Å². The number of aliphatic hydroxyl groups excluding tert-OH is 1. The fourth-order valence-electron chi connectivity index (χ4n) is 4.64. The molecular formula is C35H60O6. The Morgan fingerprint density at radius 1 is 0.659 bits per heavy atom. The number of aliphatic hydroxyl groups is 1. The Bertz CT molecular complexity index is 728. The number of carbonyl (C=O) groups is 2. The number of unbranched alkanes of at least 4 members (excludes halogenated alkanes) is 11. The number of esters is 2. The van der Waals surface area contributed by atoms with E-state index >= 15 is 0 Å². The smallest absolute Gasteiger partial charge is 0.305 e. The van der Waals surface area contributed by atoms with Gasteiger partial charge >= 0.3 is 11.9 Å². The molecule has 0 bridgehead atoms. The largest absolute Gasteiger partial charge is 0.463 e. The summed E-state index contributed by atoms with van der Waals surface area (Å²) in [5, 5.41) is 9.96. The number of hydrogen-bond acceptors (Lipinski definition) is 6. The zero-order chi connectivity index (χ0) is 29.8. The molecule has 1 aliphatic rings. The summed E-state index contributed by atoms with van der Waals surface area (Å²) in [6.07, 6.45) is 33.6. The van der Waals surface area contributed by atoms with E-state index < -0.39 is 6.10 Å². The topological polar surface area (TPSA) is 85.4 Å². The van der Waals surface area contributed by atoms with Crippen molar-refractivity contribution in [2.75, 3.05) is 13.2 Å². The molecule has 0 aliphatic carbocycles. The first-order valence-electron chi connectivity index (χ1n) is 16.7. The Hall–Kier alpha value is -1.92. The summed E-state index contributed by atoms with van der Waals surface area (Å²) in [6, 6.07) is 0. The van der Waals surface area contributed by atoms with E-state index in [4.69, 9.17) is 14.2 Å². The fourth-order valence-corrected chi connectivity index (χ4v) is 4.64. The minimum absolute atomic E-state index is 0.138. The quantitative estimate of drug-likeness (QED) is 0.0434. The Morgan fingerprint density at radius 2 is 1.17 bits per heavy atom. The Labute approximate surface area is 251 Å². The van der Waals surface area contributed by atoms with E-state index in [1.54, 1.807) is 0 Å². The van der Waals surface area contributed by atoms with Crippen molar-refractivity contribution in [1.29, 1.82) is 0 Å². The zero-order valence-corrected chi connectivity index (χ0v) is 26.2. The second-order valence-corrected chi connectivity index (χ2v) is 11.3. The molecule has 236 valence electrons. The van der Waals surface area contributed by atoms with Crippen LogP contribution in [0.2, 0.25) is 0 Å². The monoisotopic (exact) mass is 576 g/mol. The van der Waals surface area contributed by atoms with Crippen LogP contribution in [0.25, 0.3) is 0 Å². The standard InChI is InChI=1S/C35H60O6/c1-3-5-7-9-11-13-14-15-17-18-20-22-25-32-33(41-32)26-24-28-35(38)40-30-31(36)29-39-34(37)27-23-21-19-16-12-10-8-6-4-2/h11,13,15,17,20,22,31-33,36H,3-10,12,14,16,18-19,21,23-30H2,1-2H3/b13-11-,17-15-,22-20-/t31-,32?,33?/m1/s1. The maximum absolute atomic E-state index is 12.0. The summed E-state index contributed by atoms with van der Waals surface area (Å²) >= 11 is 0. The van der Waals surface area contributed by atoms with Gasteiger partial charge in [0.2, 0.25) is 0 Å². The first-order chi connectivity index (χ1) is 20.1. The molecule has 1 fully saturated rings. The second kappa shape index (κ2) is 26.9. The van der Waals surface area contributed by atoms with Crippen molar-refractivity contribution in [3.8, 4) is 0 Å². The van der Waals surface area contributed by atoms with Gasteiger partial charge in [0.1, 0.15) is 19.3 Å². The lowest BCUT2D eigenvalue weighted by Gasteiger charge is -2.12. The molecule has 0 aromatic carbocycles. The van der Waals surface area contributed by atoms with Gasteiger partial charge < -0.3 is 19.3 Å². The van der Waals surface area contributed by atoms with Crippen LogP contribution in [-0.2, 0) is 23.8 Å². The average Bonchev–Trinajstić information content (AvgIpc) is 3.72. The first-order valence-corrected chi connectivity index (χ1v) is 16.7. The fraction of sp³-hybridized carbons (Fsp3) is 0.771. The molecule has 2 unspecified atom stereocenters. The van der Waals surface area contributed by atoms with Gasteiger partial charge in [0.05, 0.1) is 12.2 Å². The Balaban J connectivity index is 1.92. The van der Waals surface area contributed by atoms with Gasteiger partial charge in [0, 0.05) is 12.8 Å². The van der Waals surface area contributed by atoms with Crippen molar-refractivity contribution < 1.29 is 28.9 Å². The van der Waals surface area contributed by atoms with Crippen LogP contribution >= 0.6 is 0 Å². The maximum atomic E-state index is 12.0. The number of carbonyl (C=O) groups excluding carboxylic acids is 2. The van der Waals surface area contributed by atoms with Crippen LogP contribution in [0.1, 0.15) is 142 Å². The predicted octanol–water partition coefficient (Wildman–Crippen LogP) is 8.71. The highest BCUT2D eigenvalue weighted by molar-refractivity contribution is 5.69. The summed E-state index contributed by atoms with van der Waals surface area (Å²) in [6.45, 7) is 4.16. The molecule has 1 saturated heterocycles. The predicted molar refractivity (Wildman–Crippen MR) is 168 cm³/mol. The van der Waals surface area contributed by atoms with Crippen LogP contribution < -0.4 is 0 Å². The van der Waals surface area contributed by atoms with Gasteiger partial charge in [-0.1, -0.05) is 115 Å². The molecule has 1 rings (SSSR count). The van der Waals surface area contributed by atoms with Crippen molar-refractivity contribution in [1.82, 2.24) is 0 Å². The highest BCUT2D eigenvalue weighted by atomic mass is 16.6. The summed E-state index contributed by atoms with van der Waals surface area (Å²) in [4.78, 5) is 23.8. The average molecular weight is 577 g/mol. The van der Waals surface area contributed by atoms with Crippen LogP contribution in [0, 0.1) is 0 Å². The van der Waals surface area contributed by atoms with Crippen molar-refractivity contribution in [3.63, 3.8) is 0 Å². The molecule has 6 nitrogen and oxygen atoms in total. The van der Waals surface area contributed by atoms with Crippen LogP contribution in [0.5, 0.6) is 0 Å². The zero-order valence-electron chi connectivity index (χ0n) is 26.2. The molecule has 41 heavy (non-hydrogen) atoms. The highest BCUT2D eigenvalue weighted by Crippen LogP contribution is 2.30. The van der Waals surface area contributed by atoms with E-state index in [2.05, 4.69) is 50.3 Å². The molecule has 3 atom stereocenters. The lowest BCUT2D eigenvalue weighted by molar-refractivity contribution is -0.152. The number of hydrogen-bond donors (Lipinski definition) is 1. The molecule has 0 amide bonds. The second-order valence-electron chi connectivity index (χ2n) is 11.3. The maximum Gasteiger partial charge on any atom is 0.305 e. The lowest BCUT2D eigenvalue weighted by atomic mass is 10.1.